The number of nitrogens with zero attached hydrogens (tertiary/aromatic N) is 2. The minimum Gasteiger partial charge on any atom is -0.491 e. The number of aryl methyl sites for hydroxylation is 1. The van der Waals surface area contributed by atoms with Gasteiger partial charge in [-0.1, -0.05) is 18.2 Å². The minimum atomic E-state index is -0.544. The number of carbonyl (C=O) groups is 2. The lowest BCUT2D eigenvalue weighted by Crippen LogP contribution is -2.24. The highest BCUT2D eigenvalue weighted by Crippen LogP contribution is 2.27. The number of Topliss-reactive ketones (excluding diaryl/α,β-unsaturated/α-hetero) is 1. The van der Waals surface area contributed by atoms with Gasteiger partial charge in [-0.3, -0.25) is 14.2 Å². The summed E-state index contributed by atoms with van der Waals surface area (Å²) in [6.45, 7) is 5.63. The Balaban J connectivity index is 1.44. The summed E-state index contributed by atoms with van der Waals surface area (Å²) in [6.07, 6.45) is 1.36. The zero-order valence-electron chi connectivity index (χ0n) is 20.2. The number of fused-ring (bicyclic) bond motifs is 1. The Kier molecular flexibility index (Phi) is 7.80. The van der Waals surface area contributed by atoms with Crippen LogP contribution in [0.3, 0.4) is 0 Å². The molecule has 8 nitrogen and oxygen atoms in total. The third-order valence-corrected chi connectivity index (χ3v) is 6.47. The highest BCUT2D eigenvalue weighted by atomic mass is 32.1. The van der Waals surface area contributed by atoms with E-state index in [4.69, 9.17) is 14.2 Å². The molecule has 0 aliphatic carbocycles. The second-order valence-corrected chi connectivity index (χ2v) is 9.32. The van der Waals surface area contributed by atoms with E-state index in [1.165, 1.54) is 10.9 Å². The van der Waals surface area contributed by atoms with Crippen molar-refractivity contribution in [3.8, 4) is 11.5 Å². The molecule has 0 aliphatic heterocycles. The first-order chi connectivity index (χ1) is 17.3. The van der Waals surface area contributed by atoms with Crippen LogP contribution < -0.4 is 15.0 Å². The molecule has 0 fully saturated rings. The molecule has 0 atom stereocenters. The molecule has 9 heteroatoms. The number of ketones is 1. The molecule has 4 rings (SSSR count). The van der Waals surface area contributed by atoms with Crippen LogP contribution in [0.2, 0.25) is 0 Å². The van der Waals surface area contributed by atoms with Crippen molar-refractivity contribution in [3.63, 3.8) is 0 Å². The van der Waals surface area contributed by atoms with E-state index in [1.54, 1.807) is 31.2 Å². The Labute approximate surface area is 212 Å². The van der Waals surface area contributed by atoms with Crippen molar-refractivity contribution in [1.29, 1.82) is 0 Å². The Morgan fingerprint density at radius 2 is 1.72 bits per heavy atom. The Morgan fingerprint density at radius 1 is 1.00 bits per heavy atom. The normalized spacial score (nSPS) is 11.0. The van der Waals surface area contributed by atoms with Crippen LogP contribution in [0.1, 0.15) is 39.4 Å². The maximum atomic E-state index is 13.1. The summed E-state index contributed by atoms with van der Waals surface area (Å²) < 4.78 is 17.7. The van der Waals surface area contributed by atoms with E-state index in [0.717, 1.165) is 11.3 Å². The number of carbonyl (C=O) groups excluding carboxylic acids is 2. The SMILES string of the molecule is Cc1c(C(=O)OCCOc2ccccc2)sc2ncn(CC(=O)c3ccc(OC(C)C)cc3)c(=O)c12. The van der Waals surface area contributed by atoms with Crippen LogP contribution in [0.15, 0.2) is 65.7 Å². The molecule has 0 saturated heterocycles. The number of benzene rings is 2. The predicted molar refractivity (Wildman–Crippen MR) is 137 cm³/mol. The highest BCUT2D eigenvalue weighted by Gasteiger charge is 2.21. The zero-order valence-corrected chi connectivity index (χ0v) is 21.0. The van der Waals surface area contributed by atoms with Crippen molar-refractivity contribution >= 4 is 33.3 Å². The Morgan fingerprint density at radius 3 is 2.42 bits per heavy atom. The average Bonchev–Trinajstić information content (AvgIpc) is 3.21. The molecule has 0 spiro atoms. The largest absolute Gasteiger partial charge is 0.491 e. The van der Waals surface area contributed by atoms with Crippen LogP contribution >= 0.6 is 11.3 Å². The van der Waals surface area contributed by atoms with Gasteiger partial charge in [-0.2, -0.15) is 0 Å². The molecular weight excluding hydrogens is 480 g/mol. The lowest BCUT2D eigenvalue weighted by atomic mass is 10.1. The fourth-order valence-electron chi connectivity index (χ4n) is 3.58. The van der Waals surface area contributed by atoms with Crippen LogP contribution in [0.25, 0.3) is 10.2 Å². The Bertz CT molecular complexity index is 1420. The number of hydrogen-bond donors (Lipinski definition) is 0. The second kappa shape index (κ2) is 11.2. The van der Waals surface area contributed by atoms with Crippen LogP contribution in [0.5, 0.6) is 11.5 Å². The second-order valence-electron chi connectivity index (χ2n) is 8.33. The smallest absolute Gasteiger partial charge is 0.348 e. The first-order valence-electron chi connectivity index (χ1n) is 11.5. The van der Waals surface area contributed by atoms with Gasteiger partial charge in [0.25, 0.3) is 5.56 Å². The molecule has 0 amide bonds. The fraction of sp³-hybridized carbons (Fsp3) is 0.259. The summed E-state index contributed by atoms with van der Waals surface area (Å²) >= 11 is 1.09. The van der Waals surface area contributed by atoms with Crippen LogP contribution in [0, 0.1) is 6.92 Å². The van der Waals surface area contributed by atoms with E-state index in [0.29, 0.717) is 37.7 Å². The minimum absolute atomic E-state index is 0.0292. The summed E-state index contributed by atoms with van der Waals surface area (Å²) in [6, 6.07) is 16.0. The number of para-hydroxylation sites is 1. The van der Waals surface area contributed by atoms with Gasteiger partial charge in [0.05, 0.1) is 24.4 Å². The van der Waals surface area contributed by atoms with Crippen molar-refractivity contribution in [2.24, 2.45) is 0 Å². The van der Waals surface area contributed by atoms with Gasteiger partial charge in [-0.05, 0) is 62.7 Å². The average molecular weight is 507 g/mol. The summed E-state index contributed by atoms with van der Waals surface area (Å²) in [5.74, 6) is 0.575. The van der Waals surface area contributed by atoms with E-state index in [9.17, 15) is 14.4 Å². The molecule has 0 aliphatic rings. The lowest BCUT2D eigenvalue weighted by Gasteiger charge is -2.10. The van der Waals surface area contributed by atoms with Crippen LogP contribution in [0.4, 0.5) is 0 Å². The molecule has 4 aromatic rings. The standard InChI is InChI=1S/C27H26N2O6S/c1-17(2)35-21-11-9-19(10-12-21)22(30)15-29-16-28-25-23(26(29)31)18(3)24(36-25)27(32)34-14-13-33-20-7-5-4-6-8-20/h4-12,16-17H,13-15H2,1-3H3. The van der Waals surface area contributed by atoms with E-state index in [2.05, 4.69) is 4.98 Å². The van der Waals surface area contributed by atoms with Gasteiger partial charge in [0, 0.05) is 5.56 Å². The molecule has 0 unspecified atom stereocenters. The van der Waals surface area contributed by atoms with Crippen LogP contribution in [-0.4, -0.2) is 40.6 Å². The predicted octanol–water partition coefficient (Wildman–Crippen LogP) is 4.67. The number of rotatable bonds is 10. The van der Waals surface area contributed by atoms with E-state index in [1.807, 2.05) is 44.2 Å². The summed E-state index contributed by atoms with van der Waals surface area (Å²) in [5, 5.41) is 0.309. The molecule has 2 heterocycles. The summed E-state index contributed by atoms with van der Waals surface area (Å²) in [7, 11) is 0. The van der Waals surface area contributed by atoms with Crippen molar-refractivity contribution in [3.05, 3.63) is 87.3 Å². The van der Waals surface area contributed by atoms with Crippen molar-refractivity contribution in [2.45, 2.75) is 33.4 Å². The third-order valence-electron chi connectivity index (χ3n) is 5.29. The molecule has 0 bridgehead atoms. The van der Waals surface area contributed by atoms with Crippen LogP contribution in [-0.2, 0) is 11.3 Å². The first kappa shape index (κ1) is 25.1. The van der Waals surface area contributed by atoms with Crippen molar-refractivity contribution in [2.75, 3.05) is 13.2 Å². The van der Waals surface area contributed by atoms with Gasteiger partial charge in [-0.15, -0.1) is 11.3 Å². The summed E-state index contributed by atoms with van der Waals surface area (Å²) in [5.41, 5.74) is 0.564. The number of aromatic nitrogens is 2. The van der Waals surface area contributed by atoms with Gasteiger partial charge in [0.2, 0.25) is 0 Å². The molecule has 2 aromatic heterocycles. The maximum Gasteiger partial charge on any atom is 0.348 e. The van der Waals surface area contributed by atoms with Gasteiger partial charge in [0.15, 0.2) is 5.78 Å². The van der Waals surface area contributed by atoms with Gasteiger partial charge in [-0.25, -0.2) is 9.78 Å². The Hall–Kier alpha value is -3.98. The monoisotopic (exact) mass is 506 g/mol. The quantitative estimate of drug-likeness (QED) is 0.175. The molecule has 186 valence electrons. The fourth-order valence-corrected chi connectivity index (χ4v) is 4.61. The molecule has 2 aromatic carbocycles. The molecule has 36 heavy (non-hydrogen) atoms. The third kappa shape index (κ3) is 5.80. The van der Waals surface area contributed by atoms with E-state index >= 15 is 0 Å². The maximum absolute atomic E-state index is 13.1. The number of ether oxygens (including phenoxy) is 3. The first-order valence-corrected chi connectivity index (χ1v) is 12.3. The van der Waals surface area contributed by atoms with Gasteiger partial charge in [0.1, 0.15) is 34.4 Å². The lowest BCUT2D eigenvalue weighted by molar-refractivity contribution is 0.0455. The molecule has 0 radical (unpaired) electrons. The van der Waals surface area contributed by atoms with Crippen molar-refractivity contribution < 1.29 is 23.8 Å². The number of hydrogen-bond acceptors (Lipinski definition) is 8. The number of esters is 1. The van der Waals surface area contributed by atoms with Gasteiger partial charge >= 0.3 is 5.97 Å². The molecular formula is C27H26N2O6S. The molecule has 0 saturated carbocycles. The molecule has 0 N–H and O–H groups in total. The number of thiophene rings is 1. The van der Waals surface area contributed by atoms with E-state index in [-0.39, 0.29) is 37.2 Å². The summed E-state index contributed by atoms with van der Waals surface area (Å²) in [4.78, 5) is 43.6. The zero-order chi connectivity index (χ0) is 25.7. The van der Waals surface area contributed by atoms with Gasteiger partial charge < -0.3 is 14.2 Å². The van der Waals surface area contributed by atoms with Crippen molar-refractivity contribution in [1.82, 2.24) is 9.55 Å². The topological polar surface area (TPSA) is 96.7 Å². The highest BCUT2D eigenvalue weighted by molar-refractivity contribution is 7.20. The van der Waals surface area contributed by atoms with E-state index < -0.39 is 5.97 Å².